The van der Waals surface area contributed by atoms with Gasteiger partial charge in [0.05, 0.1) is 17.4 Å². The lowest BCUT2D eigenvalue weighted by Crippen LogP contribution is -2.31. The zero-order valence-electron chi connectivity index (χ0n) is 16.9. The average molecular weight is 432 g/mol. The number of alkyl carbamates (subject to hydrolysis) is 1. The van der Waals surface area contributed by atoms with Gasteiger partial charge in [-0.2, -0.15) is 0 Å². The van der Waals surface area contributed by atoms with Crippen molar-refractivity contribution < 1.29 is 24.4 Å². The molecule has 4 rings (SSSR count). The largest absolute Gasteiger partial charge is 0.481 e. The number of hydrogen-bond donors (Lipinski definition) is 2. The Labute approximate surface area is 183 Å². The van der Waals surface area contributed by atoms with E-state index in [1.54, 1.807) is 0 Å². The first kappa shape index (κ1) is 21.0. The van der Waals surface area contributed by atoms with Crippen LogP contribution in [-0.2, 0) is 9.53 Å². The minimum absolute atomic E-state index is 0.0971. The maximum Gasteiger partial charge on any atom is 0.407 e. The van der Waals surface area contributed by atoms with Crippen LogP contribution in [0.3, 0.4) is 0 Å². The van der Waals surface area contributed by atoms with Gasteiger partial charge in [-0.3, -0.25) is 14.9 Å². The predicted octanol–water partition coefficient (Wildman–Crippen LogP) is 4.65. The fourth-order valence-electron chi connectivity index (χ4n) is 4.04. The quantitative estimate of drug-likeness (QED) is 0.414. The van der Waals surface area contributed by atoms with Gasteiger partial charge in [-0.1, -0.05) is 60.7 Å². The second-order valence-corrected chi connectivity index (χ2v) is 7.47. The van der Waals surface area contributed by atoms with Crippen LogP contribution in [0.2, 0.25) is 0 Å². The number of nitrogens with one attached hydrogen (secondary N) is 1. The van der Waals surface area contributed by atoms with E-state index in [9.17, 15) is 24.8 Å². The van der Waals surface area contributed by atoms with Crippen LogP contribution in [0.1, 0.15) is 35.1 Å². The van der Waals surface area contributed by atoms with Crippen LogP contribution in [0.5, 0.6) is 0 Å². The number of nitro groups is 1. The van der Waals surface area contributed by atoms with Crippen molar-refractivity contribution in [3.63, 3.8) is 0 Å². The van der Waals surface area contributed by atoms with Crippen molar-refractivity contribution in [3.05, 3.63) is 99.6 Å². The molecule has 1 amide bonds. The average Bonchev–Trinajstić information content (AvgIpc) is 3.11. The van der Waals surface area contributed by atoms with Gasteiger partial charge < -0.3 is 15.2 Å². The predicted molar refractivity (Wildman–Crippen MR) is 116 cm³/mol. The summed E-state index contributed by atoms with van der Waals surface area (Å²) >= 11 is 0. The van der Waals surface area contributed by atoms with Crippen molar-refractivity contribution >= 4 is 17.7 Å². The second kappa shape index (κ2) is 8.89. The smallest absolute Gasteiger partial charge is 0.407 e. The molecule has 0 unspecified atom stereocenters. The van der Waals surface area contributed by atoms with Crippen molar-refractivity contribution in [2.45, 2.75) is 18.4 Å². The molecule has 2 N–H and O–H groups in total. The molecule has 0 spiro atoms. The number of fused-ring (bicyclic) bond motifs is 3. The molecule has 0 aliphatic heterocycles. The molecule has 8 nitrogen and oxygen atoms in total. The number of rotatable bonds is 7. The molecule has 0 saturated carbocycles. The fourth-order valence-corrected chi connectivity index (χ4v) is 4.04. The Morgan fingerprint density at radius 1 is 0.969 bits per heavy atom. The Morgan fingerprint density at radius 3 is 2.06 bits per heavy atom. The molecule has 3 aromatic rings. The molecule has 1 aliphatic carbocycles. The third-order valence-electron chi connectivity index (χ3n) is 5.52. The number of carbonyl (C=O) groups is 2. The number of hydrogen-bond acceptors (Lipinski definition) is 5. The maximum absolute atomic E-state index is 12.5. The molecular formula is C24H20N2O6. The monoisotopic (exact) mass is 432 g/mol. The maximum atomic E-state index is 12.5. The van der Waals surface area contributed by atoms with E-state index in [1.807, 2.05) is 48.5 Å². The Bertz CT molecular complexity index is 1130. The summed E-state index contributed by atoms with van der Waals surface area (Å²) in [4.78, 5) is 34.1. The number of amides is 1. The molecule has 1 atom stereocenters. The van der Waals surface area contributed by atoms with Crippen molar-refractivity contribution in [1.82, 2.24) is 5.32 Å². The van der Waals surface area contributed by atoms with Gasteiger partial charge in [-0.25, -0.2) is 4.79 Å². The summed E-state index contributed by atoms with van der Waals surface area (Å²) in [6.07, 6.45) is -1.14. The Morgan fingerprint density at radius 2 is 1.53 bits per heavy atom. The fraction of sp³-hybridized carbons (Fsp3) is 0.167. The third-order valence-corrected chi connectivity index (χ3v) is 5.52. The zero-order chi connectivity index (χ0) is 22.7. The number of aliphatic carboxylic acids is 1. The van der Waals surface area contributed by atoms with Gasteiger partial charge in [-0.15, -0.1) is 0 Å². The topological polar surface area (TPSA) is 119 Å². The van der Waals surface area contributed by atoms with E-state index in [4.69, 9.17) is 4.74 Å². The van der Waals surface area contributed by atoms with Crippen LogP contribution in [0, 0.1) is 10.1 Å². The van der Waals surface area contributed by atoms with Crippen molar-refractivity contribution in [2.75, 3.05) is 6.61 Å². The van der Waals surface area contributed by atoms with Crippen LogP contribution in [-0.4, -0.2) is 28.7 Å². The number of non-ortho nitro benzene ring substituents is 1. The zero-order valence-corrected chi connectivity index (χ0v) is 16.9. The summed E-state index contributed by atoms with van der Waals surface area (Å²) in [6, 6.07) is 20.4. The van der Waals surface area contributed by atoms with E-state index in [0.29, 0.717) is 5.56 Å². The summed E-state index contributed by atoms with van der Waals surface area (Å²) in [6.45, 7) is 0.0971. The third kappa shape index (κ3) is 4.29. The normalized spacial score (nSPS) is 13.0. The molecule has 0 bridgehead atoms. The van der Waals surface area contributed by atoms with E-state index in [1.165, 1.54) is 24.3 Å². The highest BCUT2D eigenvalue weighted by Crippen LogP contribution is 2.44. The number of carboxylic acid groups (broad SMARTS) is 1. The highest BCUT2D eigenvalue weighted by atomic mass is 16.6. The first-order valence-electron chi connectivity index (χ1n) is 10.0. The molecule has 0 fully saturated rings. The molecule has 32 heavy (non-hydrogen) atoms. The van der Waals surface area contributed by atoms with Crippen LogP contribution >= 0.6 is 0 Å². The number of carboxylic acids is 1. The molecule has 0 aromatic heterocycles. The van der Waals surface area contributed by atoms with Crippen LogP contribution in [0.15, 0.2) is 72.8 Å². The van der Waals surface area contributed by atoms with E-state index >= 15 is 0 Å². The minimum Gasteiger partial charge on any atom is -0.481 e. The molecule has 1 aliphatic rings. The summed E-state index contributed by atoms with van der Waals surface area (Å²) < 4.78 is 5.48. The first-order chi connectivity index (χ1) is 15.4. The van der Waals surface area contributed by atoms with Gasteiger partial charge in [0.25, 0.3) is 5.69 Å². The van der Waals surface area contributed by atoms with Gasteiger partial charge in [0.2, 0.25) is 0 Å². The van der Waals surface area contributed by atoms with Crippen LogP contribution in [0.25, 0.3) is 11.1 Å². The molecule has 8 heteroatoms. The van der Waals surface area contributed by atoms with Crippen LogP contribution < -0.4 is 5.32 Å². The summed E-state index contributed by atoms with van der Waals surface area (Å²) in [5, 5.41) is 22.6. The minimum atomic E-state index is -1.12. The Balaban J connectivity index is 1.47. The number of ether oxygens (including phenoxy) is 1. The standard InChI is InChI=1S/C24H20N2O6/c27-23(28)13-22(15-9-11-16(12-10-15)26(30)31)25-24(29)32-14-21-19-7-3-1-5-17(19)18-6-2-4-8-20(18)21/h1-12,21-22H,13-14H2,(H,25,29)(H,27,28)/t22-/m0/s1. The lowest BCUT2D eigenvalue weighted by Gasteiger charge is -2.19. The molecular weight excluding hydrogens is 412 g/mol. The number of nitrogens with zero attached hydrogens (tertiary/aromatic N) is 1. The van der Waals surface area contributed by atoms with Crippen molar-refractivity contribution in [2.24, 2.45) is 0 Å². The molecule has 162 valence electrons. The SMILES string of the molecule is O=C(O)C[C@H](NC(=O)OCC1c2ccccc2-c2ccccc21)c1ccc([N+](=O)[O-])cc1. The van der Waals surface area contributed by atoms with Crippen LogP contribution in [0.4, 0.5) is 10.5 Å². The van der Waals surface area contributed by atoms with Gasteiger partial charge in [0.15, 0.2) is 0 Å². The van der Waals surface area contributed by atoms with E-state index in [0.717, 1.165) is 22.3 Å². The van der Waals surface area contributed by atoms with Gasteiger partial charge >= 0.3 is 12.1 Å². The molecule has 0 saturated heterocycles. The highest BCUT2D eigenvalue weighted by Gasteiger charge is 2.29. The Kier molecular flexibility index (Phi) is 5.85. The lowest BCUT2D eigenvalue weighted by molar-refractivity contribution is -0.384. The molecule has 0 radical (unpaired) electrons. The number of carbonyl (C=O) groups excluding carboxylic acids is 1. The van der Waals surface area contributed by atoms with E-state index in [2.05, 4.69) is 5.32 Å². The van der Waals surface area contributed by atoms with E-state index < -0.39 is 23.0 Å². The first-order valence-corrected chi connectivity index (χ1v) is 10.0. The lowest BCUT2D eigenvalue weighted by atomic mass is 9.98. The second-order valence-electron chi connectivity index (χ2n) is 7.47. The van der Waals surface area contributed by atoms with Gasteiger partial charge in [-0.05, 0) is 27.8 Å². The highest BCUT2D eigenvalue weighted by molar-refractivity contribution is 5.79. The van der Waals surface area contributed by atoms with Gasteiger partial charge in [0, 0.05) is 18.1 Å². The number of nitro benzene ring substituents is 1. The molecule has 3 aromatic carbocycles. The van der Waals surface area contributed by atoms with E-state index in [-0.39, 0.29) is 24.6 Å². The van der Waals surface area contributed by atoms with Crippen molar-refractivity contribution in [3.8, 4) is 11.1 Å². The number of benzene rings is 3. The van der Waals surface area contributed by atoms with Gasteiger partial charge in [0.1, 0.15) is 6.61 Å². The van der Waals surface area contributed by atoms with Crippen molar-refractivity contribution in [1.29, 1.82) is 0 Å². The molecule has 0 heterocycles. The summed E-state index contributed by atoms with van der Waals surface area (Å²) in [7, 11) is 0. The summed E-state index contributed by atoms with van der Waals surface area (Å²) in [5.41, 5.74) is 4.66. The Hall–Kier alpha value is -4.20. The summed E-state index contributed by atoms with van der Waals surface area (Å²) in [5.74, 6) is -1.24.